The molecule has 0 bridgehead atoms. The highest BCUT2D eigenvalue weighted by Gasteiger charge is 2.45. The van der Waals surface area contributed by atoms with Crippen molar-refractivity contribution in [3.63, 3.8) is 0 Å². The van der Waals surface area contributed by atoms with Gasteiger partial charge in [-0.2, -0.15) is 8.78 Å². The molecular formula is C28H43F2NO. The number of hydrogen-bond donors (Lipinski definition) is 0. The highest BCUT2D eigenvalue weighted by molar-refractivity contribution is 5.49. The summed E-state index contributed by atoms with van der Waals surface area (Å²) < 4.78 is 35.2. The van der Waals surface area contributed by atoms with E-state index in [2.05, 4.69) is 11.8 Å². The molecule has 0 N–H and O–H groups in total. The predicted octanol–water partition coefficient (Wildman–Crippen LogP) is 8.45. The van der Waals surface area contributed by atoms with Crippen molar-refractivity contribution in [3.05, 3.63) is 24.3 Å². The van der Waals surface area contributed by atoms with Gasteiger partial charge >= 0.3 is 6.11 Å². The fourth-order valence-electron chi connectivity index (χ4n) is 6.58. The summed E-state index contributed by atoms with van der Waals surface area (Å²) in [4.78, 5) is 2.37. The summed E-state index contributed by atoms with van der Waals surface area (Å²) >= 11 is 0. The van der Waals surface area contributed by atoms with Gasteiger partial charge in [-0.1, -0.05) is 45.4 Å². The first-order valence-corrected chi connectivity index (χ1v) is 13.5. The summed E-state index contributed by atoms with van der Waals surface area (Å²) in [5, 5.41) is 0. The molecule has 0 unspecified atom stereocenters. The molecule has 1 saturated heterocycles. The van der Waals surface area contributed by atoms with Crippen molar-refractivity contribution in [3.8, 4) is 5.75 Å². The lowest BCUT2D eigenvalue weighted by atomic mass is 9.68. The SMILES string of the molecule is CCCC1CCC(C2CCC(C(F)(F)Oc3ccc(N4CCCCCC4)cc3)CC2)CC1. The van der Waals surface area contributed by atoms with Crippen molar-refractivity contribution in [2.45, 2.75) is 103 Å². The highest BCUT2D eigenvalue weighted by Crippen LogP contribution is 2.46. The third kappa shape index (κ3) is 6.17. The first-order valence-electron chi connectivity index (χ1n) is 13.5. The Kier molecular flexibility index (Phi) is 8.34. The molecule has 32 heavy (non-hydrogen) atoms. The lowest BCUT2D eigenvalue weighted by Crippen LogP contribution is -2.38. The van der Waals surface area contributed by atoms with Crippen molar-refractivity contribution in [2.75, 3.05) is 18.0 Å². The minimum absolute atomic E-state index is 0.296. The van der Waals surface area contributed by atoms with E-state index < -0.39 is 12.0 Å². The normalized spacial score (nSPS) is 30.0. The van der Waals surface area contributed by atoms with Crippen molar-refractivity contribution in [1.82, 2.24) is 0 Å². The van der Waals surface area contributed by atoms with Crippen LogP contribution in [-0.2, 0) is 0 Å². The third-order valence-corrected chi connectivity index (χ3v) is 8.56. The van der Waals surface area contributed by atoms with E-state index in [9.17, 15) is 8.78 Å². The summed E-state index contributed by atoms with van der Waals surface area (Å²) in [6.07, 6.45) is 13.0. The second kappa shape index (κ2) is 11.2. The van der Waals surface area contributed by atoms with E-state index in [0.717, 1.165) is 43.5 Å². The van der Waals surface area contributed by atoms with Gasteiger partial charge in [0.15, 0.2) is 0 Å². The molecule has 3 aliphatic rings. The Morgan fingerprint density at radius 3 is 1.94 bits per heavy atom. The van der Waals surface area contributed by atoms with Crippen LogP contribution in [0.15, 0.2) is 24.3 Å². The van der Waals surface area contributed by atoms with Gasteiger partial charge < -0.3 is 9.64 Å². The van der Waals surface area contributed by atoms with Gasteiger partial charge in [0.2, 0.25) is 0 Å². The number of anilines is 1. The van der Waals surface area contributed by atoms with Crippen LogP contribution >= 0.6 is 0 Å². The second-order valence-corrected chi connectivity index (χ2v) is 10.7. The maximum absolute atomic E-state index is 15.0. The third-order valence-electron chi connectivity index (χ3n) is 8.56. The zero-order chi connectivity index (χ0) is 22.4. The number of ether oxygens (including phenoxy) is 1. The van der Waals surface area contributed by atoms with E-state index >= 15 is 0 Å². The molecule has 0 atom stereocenters. The molecule has 1 heterocycles. The van der Waals surface area contributed by atoms with E-state index in [1.807, 2.05) is 12.1 Å². The lowest BCUT2D eigenvalue weighted by Gasteiger charge is -2.39. The van der Waals surface area contributed by atoms with E-state index in [-0.39, 0.29) is 0 Å². The van der Waals surface area contributed by atoms with Gasteiger partial charge in [-0.25, -0.2) is 0 Å². The molecule has 1 aromatic carbocycles. The van der Waals surface area contributed by atoms with Gasteiger partial charge in [-0.15, -0.1) is 0 Å². The van der Waals surface area contributed by atoms with E-state index in [1.165, 1.54) is 64.2 Å². The van der Waals surface area contributed by atoms with Gasteiger partial charge in [-0.3, -0.25) is 0 Å². The zero-order valence-corrected chi connectivity index (χ0v) is 20.0. The molecule has 0 aromatic heterocycles. The molecule has 2 nitrogen and oxygen atoms in total. The summed E-state index contributed by atoms with van der Waals surface area (Å²) in [5.74, 6) is 1.98. The maximum atomic E-state index is 15.0. The Balaban J connectivity index is 1.25. The molecule has 180 valence electrons. The Bertz CT molecular complexity index is 667. The molecule has 1 aromatic rings. The molecule has 0 amide bonds. The summed E-state index contributed by atoms with van der Waals surface area (Å²) in [5.41, 5.74) is 1.12. The van der Waals surface area contributed by atoms with Crippen LogP contribution in [0.3, 0.4) is 0 Å². The summed E-state index contributed by atoms with van der Waals surface area (Å²) in [6, 6.07) is 7.36. The number of benzene rings is 1. The second-order valence-electron chi connectivity index (χ2n) is 10.7. The van der Waals surface area contributed by atoms with Crippen LogP contribution in [0, 0.1) is 23.7 Å². The molecule has 1 aliphatic heterocycles. The molecule has 0 spiro atoms. The topological polar surface area (TPSA) is 12.5 Å². The lowest BCUT2D eigenvalue weighted by molar-refractivity contribution is -0.224. The number of hydrogen-bond acceptors (Lipinski definition) is 2. The maximum Gasteiger partial charge on any atom is 0.400 e. The zero-order valence-electron chi connectivity index (χ0n) is 20.0. The van der Waals surface area contributed by atoms with Crippen LogP contribution in [0.5, 0.6) is 5.75 Å². The smallest absolute Gasteiger partial charge is 0.400 e. The average molecular weight is 448 g/mol. The predicted molar refractivity (Wildman–Crippen MR) is 129 cm³/mol. The minimum Gasteiger partial charge on any atom is -0.432 e. The minimum atomic E-state index is -3.08. The van der Waals surface area contributed by atoms with Gasteiger partial charge in [0.1, 0.15) is 5.75 Å². The van der Waals surface area contributed by atoms with Crippen LogP contribution in [0.2, 0.25) is 0 Å². The fraction of sp³-hybridized carbons (Fsp3) is 0.786. The number of halogens is 2. The molecular weight excluding hydrogens is 404 g/mol. The van der Waals surface area contributed by atoms with Crippen molar-refractivity contribution >= 4 is 5.69 Å². The van der Waals surface area contributed by atoms with Crippen molar-refractivity contribution in [2.24, 2.45) is 23.7 Å². The Hall–Kier alpha value is -1.32. The van der Waals surface area contributed by atoms with Crippen LogP contribution in [0.25, 0.3) is 0 Å². The standard InChI is InChI=1S/C28H43F2NO/c1-2-7-22-8-10-23(11-9-22)24-12-14-25(15-13-24)28(29,30)32-27-18-16-26(17-19-27)31-20-5-3-4-6-21-31/h16-19,22-25H,2-15,20-21H2,1H3. The largest absolute Gasteiger partial charge is 0.432 e. The Morgan fingerprint density at radius 1 is 0.812 bits per heavy atom. The molecule has 2 aliphatic carbocycles. The van der Waals surface area contributed by atoms with E-state index in [1.54, 1.807) is 12.1 Å². The molecule has 3 fully saturated rings. The van der Waals surface area contributed by atoms with Crippen LogP contribution in [0.4, 0.5) is 14.5 Å². The van der Waals surface area contributed by atoms with E-state index in [4.69, 9.17) is 4.74 Å². The van der Waals surface area contributed by atoms with Crippen molar-refractivity contribution < 1.29 is 13.5 Å². The quantitative estimate of drug-likeness (QED) is 0.416. The van der Waals surface area contributed by atoms with Gasteiger partial charge in [0.05, 0.1) is 5.92 Å². The van der Waals surface area contributed by atoms with Crippen molar-refractivity contribution in [1.29, 1.82) is 0 Å². The molecule has 4 heteroatoms. The van der Waals surface area contributed by atoms with Gasteiger partial charge in [-0.05, 0) is 93.4 Å². The highest BCUT2D eigenvalue weighted by atomic mass is 19.3. The van der Waals surface area contributed by atoms with Crippen LogP contribution < -0.4 is 9.64 Å². The van der Waals surface area contributed by atoms with E-state index in [0.29, 0.717) is 24.5 Å². The van der Waals surface area contributed by atoms with Crippen LogP contribution in [0.1, 0.15) is 96.8 Å². The number of rotatable bonds is 7. The first-order chi connectivity index (χ1) is 15.5. The van der Waals surface area contributed by atoms with Crippen LogP contribution in [-0.4, -0.2) is 19.2 Å². The first kappa shape index (κ1) is 23.8. The fourth-order valence-corrected chi connectivity index (χ4v) is 6.58. The average Bonchev–Trinajstić information content (AvgIpc) is 3.10. The summed E-state index contributed by atoms with van der Waals surface area (Å²) in [6.45, 7) is 4.39. The Morgan fingerprint density at radius 2 is 1.38 bits per heavy atom. The molecule has 0 radical (unpaired) electrons. The molecule has 4 rings (SSSR count). The van der Waals surface area contributed by atoms with Gasteiger partial charge in [0, 0.05) is 18.8 Å². The number of nitrogens with zero attached hydrogens (tertiary/aromatic N) is 1. The number of alkyl halides is 2. The molecule has 2 saturated carbocycles. The van der Waals surface area contributed by atoms with Gasteiger partial charge in [0.25, 0.3) is 0 Å². The Labute approximate surface area is 194 Å². The summed E-state index contributed by atoms with van der Waals surface area (Å²) in [7, 11) is 0. The monoisotopic (exact) mass is 447 g/mol.